The van der Waals surface area contributed by atoms with Gasteiger partial charge < -0.3 is 10.2 Å². The SMILES string of the molecule is Cc1nc(-c2csc(N3CCNCC3)n2)cs1. The van der Waals surface area contributed by atoms with Crippen LogP contribution in [0.15, 0.2) is 10.8 Å². The van der Waals surface area contributed by atoms with E-state index in [0.29, 0.717) is 0 Å². The van der Waals surface area contributed by atoms with Gasteiger partial charge in [-0.1, -0.05) is 0 Å². The Balaban J connectivity index is 1.82. The van der Waals surface area contributed by atoms with Gasteiger partial charge in [0.1, 0.15) is 11.4 Å². The number of anilines is 1. The molecule has 0 aliphatic carbocycles. The van der Waals surface area contributed by atoms with Gasteiger partial charge in [0, 0.05) is 36.9 Å². The molecule has 3 heterocycles. The van der Waals surface area contributed by atoms with E-state index < -0.39 is 0 Å². The standard InChI is InChI=1S/C11H14N4S2/c1-8-13-9(6-16-8)10-7-17-11(14-10)15-4-2-12-3-5-15/h6-7,12H,2-5H2,1H3. The van der Waals surface area contributed by atoms with Crippen molar-refractivity contribution in [3.63, 3.8) is 0 Å². The summed E-state index contributed by atoms with van der Waals surface area (Å²) in [7, 11) is 0. The van der Waals surface area contributed by atoms with Crippen LogP contribution in [-0.4, -0.2) is 36.1 Å². The van der Waals surface area contributed by atoms with E-state index in [4.69, 9.17) is 0 Å². The van der Waals surface area contributed by atoms with Crippen LogP contribution in [0.5, 0.6) is 0 Å². The molecule has 1 N–H and O–H groups in total. The Kier molecular flexibility index (Phi) is 3.09. The van der Waals surface area contributed by atoms with Crippen LogP contribution < -0.4 is 10.2 Å². The molecule has 1 fully saturated rings. The second kappa shape index (κ2) is 4.72. The number of nitrogens with zero attached hydrogens (tertiary/aromatic N) is 3. The monoisotopic (exact) mass is 266 g/mol. The highest BCUT2D eigenvalue weighted by Crippen LogP contribution is 2.28. The van der Waals surface area contributed by atoms with E-state index in [1.807, 2.05) is 6.92 Å². The third-order valence-corrected chi connectivity index (χ3v) is 4.44. The van der Waals surface area contributed by atoms with E-state index in [1.54, 1.807) is 22.7 Å². The van der Waals surface area contributed by atoms with E-state index in [-0.39, 0.29) is 0 Å². The quantitative estimate of drug-likeness (QED) is 0.902. The Hall–Kier alpha value is -0.980. The molecule has 4 nitrogen and oxygen atoms in total. The van der Waals surface area contributed by atoms with Crippen LogP contribution in [0.4, 0.5) is 5.13 Å². The van der Waals surface area contributed by atoms with Crippen LogP contribution in [0.25, 0.3) is 11.4 Å². The zero-order chi connectivity index (χ0) is 11.7. The maximum absolute atomic E-state index is 4.68. The predicted octanol–water partition coefficient (Wildman–Crippen LogP) is 1.98. The van der Waals surface area contributed by atoms with Crippen LogP contribution in [0.1, 0.15) is 5.01 Å². The van der Waals surface area contributed by atoms with Crippen LogP contribution >= 0.6 is 22.7 Å². The molecule has 2 aromatic rings. The first-order valence-electron chi connectivity index (χ1n) is 5.66. The number of rotatable bonds is 2. The molecule has 0 radical (unpaired) electrons. The van der Waals surface area contributed by atoms with Crippen LogP contribution in [0, 0.1) is 6.92 Å². The van der Waals surface area contributed by atoms with Crippen LogP contribution in [-0.2, 0) is 0 Å². The van der Waals surface area contributed by atoms with Crippen molar-refractivity contribution in [2.45, 2.75) is 6.92 Å². The summed E-state index contributed by atoms with van der Waals surface area (Å²) < 4.78 is 0. The molecular formula is C11H14N4S2. The van der Waals surface area contributed by atoms with E-state index in [1.165, 1.54) is 0 Å². The van der Waals surface area contributed by atoms with Crippen molar-refractivity contribution >= 4 is 27.8 Å². The van der Waals surface area contributed by atoms with Crippen LogP contribution in [0.3, 0.4) is 0 Å². The lowest BCUT2D eigenvalue weighted by molar-refractivity contribution is 0.588. The van der Waals surface area contributed by atoms with Gasteiger partial charge in [-0.25, -0.2) is 9.97 Å². The van der Waals surface area contributed by atoms with E-state index in [0.717, 1.165) is 47.7 Å². The average molecular weight is 266 g/mol. The minimum Gasteiger partial charge on any atom is -0.346 e. The molecule has 0 unspecified atom stereocenters. The molecule has 0 saturated carbocycles. The Morgan fingerprint density at radius 1 is 1.12 bits per heavy atom. The minimum absolute atomic E-state index is 1.00. The van der Waals surface area contributed by atoms with Gasteiger partial charge in [-0.15, -0.1) is 22.7 Å². The highest BCUT2D eigenvalue weighted by Gasteiger charge is 2.15. The third-order valence-electron chi connectivity index (χ3n) is 2.76. The lowest BCUT2D eigenvalue weighted by atomic mass is 10.4. The number of nitrogens with one attached hydrogen (secondary N) is 1. The van der Waals surface area contributed by atoms with Crippen molar-refractivity contribution in [1.82, 2.24) is 15.3 Å². The Morgan fingerprint density at radius 3 is 2.53 bits per heavy atom. The molecule has 0 spiro atoms. The molecule has 1 aliphatic heterocycles. The fourth-order valence-corrected chi connectivity index (χ4v) is 3.34. The van der Waals surface area contributed by atoms with Crippen molar-refractivity contribution < 1.29 is 0 Å². The minimum atomic E-state index is 1.00. The number of hydrogen-bond acceptors (Lipinski definition) is 6. The maximum atomic E-state index is 4.68. The maximum Gasteiger partial charge on any atom is 0.186 e. The molecule has 0 bridgehead atoms. The smallest absolute Gasteiger partial charge is 0.186 e. The first-order valence-corrected chi connectivity index (χ1v) is 7.42. The zero-order valence-electron chi connectivity index (χ0n) is 9.64. The number of thiazole rings is 2. The van der Waals surface area contributed by atoms with Gasteiger partial charge in [0.2, 0.25) is 0 Å². The van der Waals surface area contributed by atoms with E-state index >= 15 is 0 Å². The van der Waals surface area contributed by atoms with Gasteiger partial charge in [0.05, 0.1) is 5.01 Å². The largest absolute Gasteiger partial charge is 0.346 e. The molecule has 90 valence electrons. The summed E-state index contributed by atoms with van der Waals surface area (Å²) in [5.74, 6) is 0. The Labute approximate surface area is 108 Å². The second-order valence-corrected chi connectivity index (χ2v) is 5.90. The first-order chi connectivity index (χ1) is 8.33. The summed E-state index contributed by atoms with van der Waals surface area (Å²) in [6.07, 6.45) is 0. The molecule has 0 amide bonds. The summed E-state index contributed by atoms with van der Waals surface area (Å²) in [6.45, 7) is 6.21. The van der Waals surface area contributed by atoms with Gasteiger partial charge in [-0.05, 0) is 6.92 Å². The summed E-state index contributed by atoms with van der Waals surface area (Å²) in [5, 5.41) is 9.74. The normalized spacial score (nSPS) is 16.4. The number of piperazine rings is 1. The van der Waals surface area contributed by atoms with Crippen molar-refractivity contribution in [3.8, 4) is 11.4 Å². The fraction of sp³-hybridized carbons (Fsp3) is 0.455. The predicted molar refractivity (Wildman–Crippen MR) is 73.0 cm³/mol. The summed E-state index contributed by atoms with van der Waals surface area (Å²) in [5.41, 5.74) is 2.01. The van der Waals surface area contributed by atoms with Gasteiger partial charge in [-0.3, -0.25) is 0 Å². The van der Waals surface area contributed by atoms with Crippen molar-refractivity contribution in [2.24, 2.45) is 0 Å². The zero-order valence-corrected chi connectivity index (χ0v) is 11.3. The van der Waals surface area contributed by atoms with Crippen molar-refractivity contribution in [1.29, 1.82) is 0 Å². The second-order valence-electron chi connectivity index (χ2n) is 4.00. The molecule has 2 aromatic heterocycles. The molecule has 0 aromatic carbocycles. The third kappa shape index (κ3) is 2.34. The van der Waals surface area contributed by atoms with Crippen molar-refractivity contribution in [3.05, 3.63) is 15.8 Å². The van der Waals surface area contributed by atoms with Gasteiger partial charge in [0.15, 0.2) is 5.13 Å². The molecule has 1 saturated heterocycles. The van der Waals surface area contributed by atoms with Crippen LogP contribution in [0.2, 0.25) is 0 Å². The Bertz CT molecular complexity index is 499. The molecule has 17 heavy (non-hydrogen) atoms. The first kappa shape index (κ1) is 11.1. The van der Waals surface area contributed by atoms with Gasteiger partial charge >= 0.3 is 0 Å². The van der Waals surface area contributed by atoms with E-state index in [2.05, 4.69) is 30.9 Å². The molecule has 0 atom stereocenters. The number of aryl methyl sites for hydroxylation is 1. The lowest BCUT2D eigenvalue weighted by Gasteiger charge is -2.26. The molecule has 6 heteroatoms. The summed E-state index contributed by atoms with van der Waals surface area (Å²) >= 11 is 3.39. The number of hydrogen-bond donors (Lipinski definition) is 1. The Morgan fingerprint density at radius 2 is 1.82 bits per heavy atom. The summed E-state index contributed by atoms with van der Waals surface area (Å²) in [6, 6.07) is 0. The number of aromatic nitrogens is 2. The average Bonchev–Trinajstić information content (AvgIpc) is 2.98. The molecular weight excluding hydrogens is 252 g/mol. The topological polar surface area (TPSA) is 41.1 Å². The molecule has 3 rings (SSSR count). The van der Waals surface area contributed by atoms with E-state index in [9.17, 15) is 0 Å². The highest BCUT2D eigenvalue weighted by molar-refractivity contribution is 7.14. The highest BCUT2D eigenvalue weighted by atomic mass is 32.1. The summed E-state index contributed by atoms with van der Waals surface area (Å²) in [4.78, 5) is 11.5. The van der Waals surface area contributed by atoms with Crippen molar-refractivity contribution in [2.75, 3.05) is 31.1 Å². The molecule has 1 aliphatic rings. The van der Waals surface area contributed by atoms with Gasteiger partial charge in [0.25, 0.3) is 0 Å². The van der Waals surface area contributed by atoms with Gasteiger partial charge in [-0.2, -0.15) is 0 Å². The lowest BCUT2D eigenvalue weighted by Crippen LogP contribution is -2.43. The fourth-order valence-electron chi connectivity index (χ4n) is 1.86.